The third-order valence-electron chi connectivity index (χ3n) is 4.92. The zero-order chi connectivity index (χ0) is 24.6. The third-order valence-corrected chi connectivity index (χ3v) is 5.57. The Morgan fingerprint density at radius 1 is 0.909 bits per heavy atom. The Morgan fingerprint density at radius 2 is 1.52 bits per heavy atom. The van der Waals surface area contributed by atoms with Crippen LogP contribution in [0.4, 0.5) is 0 Å². The van der Waals surface area contributed by atoms with Crippen molar-refractivity contribution in [1.82, 2.24) is 16.0 Å². The summed E-state index contributed by atoms with van der Waals surface area (Å²) in [5.41, 5.74) is 11.6. The number of nitrogens with one attached hydrogen (secondary N) is 3. The van der Waals surface area contributed by atoms with Crippen molar-refractivity contribution in [2.45, 2.75) is 50.2 Å². The molecular weight excluding hydrogens is 446 g/mol. The van der Waals surface area contributed by atoms with Crippen molar-refractivity contribution in [2.75, 3.05) is 25.1 Å². The predicted octanol–water partition coefficient (Wildman–Crippen LogP) is -0.391. The second kappa shape index (κ2) is 16.1. The summed E-state index contributed by atoms with van der Waals surface area (Å²) in [5, 5.41) is 17.4. The fourth-order valence-electron chi connectivity index (χ4n) is 3.11. The van der Waals surface area contributed by atoms with Crippen LogP contribution >= 0.6 is 11.8 Å². The lowest BCUT2D eigenvalue weighted by Crippen LogP contribution is -2.56. The first-order valence-electron chi connectivity index (χ1n) is 10.9. The first kappa shape index (κ1) is 28.4. The van der Waals surface area contributed by atoms with Crippen LogP contribution in [-0.4, -0.2) is 72.0 Å². The summed E-state index contributed by atoms with van der Waals surface area (Å²) in [6, 6.07) is 5.98. The van der Waals surface area contributed by atoms with Gasteiger partial charge in [-0.25, -0.2) is 4.79 Å². The number of nitrogens with two attached hydrogens (primary N) is 2. The van der Waals surface area contributed by atoms with E-state index in [9.17, 15) is 24.3 Å². The largest absolute Gasteiger partial charge is 0.480 e. The van der Waals surface area contributed by atoms with Crippen molar-refractivity contribution in [1.29, 1.82) is 0 Å². The number of aliphatic carboxylic acids is 1. The molecule has 0 saturated heterocycles. The Kier molecular flexibility index (Phi) is 13.8. The highest BCUT2D eigenvalue weighted by molar-refractivity contribution is 7.98. The number of rotatable bonds is 16. The van der Waals surface area contributed by atoms with E-state index in [1.807, 2.05) is 12.3 Å². The number of carboxylic acids is 1. The number of hydrogen-bond acceptors (Lipinski definition) is 7. The van der Waals surface area contributed by atoms with E-state index in [1.165, 1.54) is 11.8 Å². The summed E-state index contributed by atoms with van der Waals surface area (Å²) in [4.78, 5) is 49.3. The monoisotopic (exact) mass is 481 g/mol. The molecule has 3 atom stereocenters. The zero-order valence-electron chi connectivity index (χ0n) is 18.9. The molecule has 0 aliphatic rings. The maximum Gasteiger partial charge on any atom is 0.326 e. The van der Waals surface area contributed by atoms with E-state index in [0.717, 1.165) is 5.56 Å². The normalized spacial score (nSPS) is 13.4. The highest BCUT2D eigenvalue weighted by Crippen LogP contribution is 2.08. The van der Waals surface area contributed by atoms with Crippen molar-refractivity contribution in [3.8, 4) is 0 Å². The van der Waals surface area contributed by atoms with Crippen LogP contribution in [-0.2, 0) is 25.6 Å². The minimum absolute atomic E-state index is 0.105. The molecule has 0 saturated carbocycles. The molecule has 3 unspecified atom stereocenters. The number of amides is 3. The Balaban J connectivity index is 2.93. The molecule has 0 aromatic heterocycles. The smallest absolute Gasteiger partial charge is 0.326 e. The van der Waals surface area contributed by atoms with Crippen molar-refractivity contribution < 1.29 is 24.3 Å². The fourth-order valence-corrected chi connectivity index (χ4v) is 3.59. The molecule has 11 heteroatoms. The molecule has 0 spiro atoms. The molecule has 184 valence electrons. The Morgan fingerprint density at radius 3 is 2.06 bits per heavy atom. The quantitative estimate of drug-likeness (QED) is 0.173. The van der Waals surface area contributed by atoms with Crippen molar-refractivity contribution >= 4 is 35.5 Å². The zero-order valence-corrected chi connectivity index (χ0v) is 19.7. The van der Waals surface area contributed by atoms with Crippen molar-refractivity contribution in [3.63, 3.8) is 0 Å². The minimum Gasteiger partial charge on any atom is -0.480 e. The Bertz CT molecular complexity index is 765. The molecule has 10 nitrogen and oxygen atoms in total. The van der Waals surface area contributed by atoms with Gasteiger partial charge in [-0.3, -0.25) is 14.4 Å². The van der Waals surface area contributed by atoms with Gasteiger partial charge < -0.3 is 32.5 Å². The van der Waals surface area contributed by atoms with Crippen LogP contribution in [0.25, 0.3) is 0 Å². The van der Waals surface area contributed by atoms with Gasteiger partial charge in [0.2, 0.25) is 17.7 Å². The number of thioether (sulfide) groups is 1. The number of carbonyl (C=O) groups excluding carboxylic acids is 3. The van der Waals surface area contributed by atoms with Gasteiger partial charge >= 0.3 is 5.97 Å². The topological polar surface area (TPSA) is 177 Å². The highest BCUT2D eigenvalue weighted by atomic mass is 32.2. The van der Waals surface area contributed by atoms with Gasteiger partial charge in [-0.1, -0.05) is 30.3 Å². The van der Waals surface area contributed by atoms with Gasteiger partial charge in [0.1, 0.15) is 18.1 Å². The van der Waals surface area contributed by atoms with E-state index in [0.29, 0.717) is 31.6 Å². The van der Waals surface area contributed by atoms with Crippen LogP contribution in [0.3, 0.4) is 0 Å². The molecule has 0 bridgehead atoms. The highest BCUT2D eigenvalue weighted by Gasteiger charge is 2.29. The van der Waals surface area contributed by atoms with Gasteiger partial charge in [0, 0.05) is 6.42 Å². The second-order valence-electron chi connectivity index (χ2n) is 7.54. The minimum atomic E-state index is -1.17. The number of hydrogen-bond donors (Lipinski definition) is 6. The average molecular weight is 482 g/mol. The molecule has 1 aromatic carbocycles. The Hall–Kier alpha value is -2.63. The number of unbranched alkanes of at least 4 members (excludes halogenated alkanes) is 1. The van der Waals surface area contributed by atoms with E-state index in [4.69, 9.17) is 11.5 Å². The standard InChI is InChI=1S/C22H35N5O5S/c1-33-12-10-17(25-19(28)14-24)21(30)26-16(9-5-6-11-23)20(29)27-18(22(31)32)13-15-7-3-2-4-8-15/h2-4,7-8,16-18H,5-6,9-14,23-24H2,1H3,(H,25,28)(H,26,30)(H,27,29)(H,31,32). The molecular formula is C22H35N5O5S. The maximum atomic E-state index is 13.0. The van der Waals surface area contributed by atoms with E-state index < -0.39 is 41.8 Å². The first-order chi connectivity index (χ1) is 15.8. The van der Waals surface area contributed by atoms with Crippen LogP contribution in [0.15, 0.2) is 30.3 Å². The van der Waals surface area contributed by atoms with Crippen molar-refractivity contribution in [3.05, 3.63) is 35.9 Å². The van der Waals surface area contributed by atoms with Crippen LogP contribution in [0, 0.1) is 0 Å². The average Bonchev–Trinajstić information content (AvgIpc) is 2.80. The summed E-state index contributed by atoms with van der Waals surface area (Å²) in [7, 11) is 0. The summed E-state index contributed by atoms with van der Waals surface area (Å²) >= 11 is 1.52. The SMILES string of the molecule is CSCCC(NC(=O)CN)C(=O)NC(CCCCN)C(=O)NC(Cc1ccccc1)C(=O)O. The van der Waals surface area contributed by atoms with Gasteiger partial charge in [-0.15, -0.1) is 0 Å². The molecule has 1 aromatic rings. The van der Waals surface area contributed by atoms with Crippen LogP contribution < -0.4 is 27.4 Å². The third kappa shape index (κ3) is 11.2. The molecule has 0 aliphatic heterocycles. The van der Waals surface area contributed by atoms with Gasteiger partial charge in [0.15, 0.2) is 0 Å². The number of carboxylic acid groups (broad SMARTS) is 1. The molecule has 8 N–H and O–H groups in total. The summed E-state index contributed by atoms with van der Waals surface area (Å²) in [6.45, 7) is 0.167. The van der Waals surface area contributed by atoms with Gasteiger partial charge in [-0.2, -0.15) is 11.8 Å². The van der Waals surface area contributed by atoms with Gasteiger partial charge in [0.05, 0.1) is 6.54 Å². The summed E-state index contributed by atoms with van der Waals surface area (Å²) in [6.07, 6.45) is 3.84. The van der Waals surface area contributed by atoms with E-state index in [1.54, 1.807) is 24.3 Å². The Labute approximate surface area is 198 Å². The lowest BCUT2D eigenvalue weighted by molar-refractivity contribution is -0.142. The van der Waals surface area contributed by atoms with Crippen molar-refractivity contribution in [2.24, 2.45) is 11.5 Å². The lowest BCUT2D eigenvalue weighted by Gasteiger charge is -2.24. The van der Waals surface area contributed by atoms with E-state index >= 15 is 0 Å². The molecule has 0 heterocycles. The van der Waals surface area contributed by atoms with Gasteiger partial charge in [-0.05, 0) is 49.8 Å². The molecule has 0 aliphatic carbocycles. The fraction of sp³-hybridized carbons (Fsp3) is 0.545. The maximum absolute atomic E-state index is 13.0. The molecule has 1 rings (SSSR count). The molecule has 0 radical (unpaired) electrons. The molecule has 0 fully saturated rings. The summed E-state index contributed by atoms with van der Waals surface area (Å²) in [5.74, 6) is -2.15. The van der Waals surface area contributed by atoms with E-state index in [-0.39, 0.29) is 19.4 Å². The molecule has 33 heavy (non-hydrogen) atoms. The number of benzene rings is 1. The van der Waals surface area contributed by atoms with Crippen LogP contribution in [0.2, 0.25) is 0 Å². The van der Waals surface area contributed by atoms with Crippen LogP contribution in [0.1, 0.15) is 31.2 Å². The summed E-state index contributed by atoms with van der Waals surface area (Å²) < 4.78 is 0. The predicted molar refractivity (Wildman–Crippen MR) is 129 cm³/mol. The van der Waals surface area contributed by atoms with E-state index in [2.05, 4.69) is 16.0 Å². The second-order valence-corrected chi connectivity index (χ2v) is 8.53. The van der Waals surface area contributed by atoms with Crippen LogP contribution in [0.5, 0.6) is 0 Å². The molecule has 3 amide bonds. The lowest BCUT2D eigenvalue weighted by atomic mass is 10.0. The first-order valence-corrected chi connectivity index (χ1v) is 12.3. The van der Waals surface area contributed by atoms with Gasteiger partial charge in [0.25, 0.3) is 0 Å². The number of carbonyl (C=O) groups is 4.